The Morgan fingerprint density at radius 2 is 1.83 bits per heavy atom. The number of anilines is 3. The van der Waals surface area contributed by atoms with Crippen LogP contribution < -0.4 is 27.2 Å². The van der Waals surface area contributed by atoms with Crippen LogP contribution in [-0.2, 0) is 0 Å². The van der Waals surface area contributed by atoms with Gasteiger partial charge >= 0.3 is 0 Å². The van der Waals surface area contributed by atoms with Crippen molar-refractivity contribution in [2.24, 2.45) is 0 Å². The van der Waals surface area contributed by atoms with Gasteiger partial charge in [-0.15, -0.1) is 11.3 Å². The van der Waals surface area contributed by atoms with E-state index < -0.39 is 22.5 Å². The zero-order valence-electron chi connectivity index (χ0n) is 16.7. The lowest BCUT2D eigenvalue weighted by Crippen LogP contribution is -2.30. The Balaban J connectivity index is 2.04. The largest absolute Gasteiger partial charge is 0.371 e. The highest BCUT2D eigenvalue weighted by atomic mass is 32.1. The van der Waals surface area contributed by atoms with Crippen molar-refractivity contribution in [3.63, 3.8) is 0 Å². The Bertz CT molecular complexity index is 1210. The molecular formula is C19H22N6O4S. The molecule has 3 aromatic heterocycles. The number of amides is 1. The van der Waals surface area contributed by atoms with Crippen LogP contribution in [0, 0.1) is 0 Å². The summed E-state index contributed by atoms with van der Waals surface area (Å²) in [7, 11) is 3.06. The van der Waals surface area contributed by atoms with Gasteiger partial charge in [0.05, 0.1) is 6.04 Å². The minimum absolute atomic E-state index is 0.00254. The van der Waals surface area contributed by atoms with E-state index >= 15 is 0 Å². The number of rotatable bonds is 7. The first-order valence-electron chi connectivity index (χ1n) is 9.18. The van der Waals surface area contributed by atoms with Gasteiger partial charge in [-0.2, -0.15) is 0 Å². The van der Waals surface area contributed by atoms with Crippen molar-refractivity contribution in [1.82, 2.24) is 20.1 Å². The van der Waals surface area contributed by atoms with Crippen molar-refractivity contribution in [3.05, 3.63) is 71.3 Å². The number of aromatic nitrogens is 3. The Morgan fingerprint density at radius 3 is 2.43 bits per heavy atom. The van der Waals surface area contributed by atoms with Crippen molar-refractivity contribution < 1.29 is 4.79 Å². The van der Waals surface area contributed by atoms with Gasteiger partial charge in [0.25, 0.3) is 17.0 Å². The van der Waals surface area contributed by atoms with Crippen LogP contribution in [0.3, 0.4) is 0 Å². The highest BCUT2D eigenvalue weighted by Crippen LogP contribution is 2.27. The third-order valence-electron chi connectivity index (χ3n) is 4.45. The lowest BCUT2D eigenvalue weighted by atomic mass is 10.1. The maximum absolute atomic E-state index is 12.7. The molecule has 3 heterocycles. The maximum atomic E-state index is 12.7. The summed E-state index contributed by atoms with van der Waals surface area (Å²) in [5, 5.41) is 12.3. The monoisotopic (exact) mass is 430 g/mol. The number of hydrogen-bond acceptors (Lipinski definition) is 7. The molecule has 0 spiro atoms. The summed E-state index contributed by atoms with van der Waals surface area (Å²) < 4.78 is 0. The third kappa shape index (κ3) is 4.20. The van der Waals surface area contributed by atoms with Crippen LogP contribution in [0.15, 0.2) is 44.3 Å². The van der Waals surface area contributed by atoms with E-state index in [9.17, 15) is 19.2 Å². The van der Waals surface area contributed by atoms with Crippen molar-refractivity contribution in [2.75, 3.05) is 24.7 Å². The number of carbonyl (C=O) groups excluding carboxylic acids is 1. The Morgan fingerprint density at radius 1 is 1.13 bits per heavy atom. The number of aromatic amines is 3. The fraction of sp³-hybridized carbons (Fsp3) is 0.263. The average molecular weight is 430 g/mol. The van der Waals surface area contributed by atoms with Crippen LogP contribution in [0.25, 0.3) is 0 Å². The minimum atomic E-state index is -0.623. The quantitative estimate of drug-likeness (QED) is 0.387. The molecule has 10 nitrogen and oxygen atoms in total. The molecular weight excluding hydrogens is 408 g/mol. The number of H-pyrrole nitrogens is 3. The summed E-state index contributed by atoms with van der Waals surface area (Å²) in [6, 6.07) is 3.63. The Hall–Kier alpha value is -3.60. The van der Waals surface area contributed by atoms with Gasteiger partial charge in [0, 0.05) is 31.4 Å². The van der Waals surface area contributed by atoms with Crippen LogP contribution in [0.1, 0.15) is 34.6 Å². The molecule has 0 saturated carbocycles. The molecule has 0 radical (unpaired) electrons. The SMILES string of the molecule is CCC(Nc1c(Nc2c[nH]cc(C(=O)N(C)C)c2=O)c(=O)[nH][nH]c1=O)c1cccs1. The van der Waals surface area contributed by atoms with E-state index in [-0.39, 0.29) is 28.7 Å². The van der Waals surface area contributed by atoms with Crippen LogP contribution in [-0.4, -0.2) is 40.1 Å². The van der Waals surface area contributed by atoms with Gasteiger partial charge in [-0.25, -0.2) is 0 Å². The normalized spacial score (nSPS) is 11.7. The summed E-state index contributed by atoms with van der Waals surface area (Å²) in [4.78, 5) is 54.9. The summed E-state index contributed by atoms with van der Waals surface area (Å²) in [6.45, 7) is 1.95. The third-order valence-corrected chi connectivity index (χ3v) is 5.43. The molecule has 0 aliphatic heterocycles. The van der Waals surface area contributed by atoms with Crippen molar-refractivity contribution in [3.8, 4) is 0 Å². The second-order valence-electron chi connectivity index (χ2n) is 6.72. The van der Waals surface area contributed by atoms with Crippen molar-refractivity contribution >= 4 is 34.3 Å². The van der Waals surface area contributed by atoms with Crippen LogP contribution in [0.5, 0.6) is 0 Å². The molecule has 3 aromatic rings. The molecule has 0 aromatic carbocycles. The van der Waals surface area contributed by atoms with E-state index in [4.69, 9.17) is 0 Å². The smallest absolute Gasteiger partial charge is 0.288 e. The van der Waals surface area contributed by atoms with Gasteiger partial charge in [0.1, 0.15) is 22.6 Å². The molecule has 1 atom stereocenters. The van der Waals surface area contributed by atoms with E-state index in [2.05, 4.69) is 25.8 Å². The van der Waals surface area contributed by atoms with Gasteiger partial charge in [-0.05, 0) is 17.9 Å². The number of nitrogens with zero attached hydrogens (tertiary/aromatic N) is 1. The summed E-state index contributed by atoms with van der Waals surface area (Å²) in [5.41, 5.74) is -2.01. The maximum Gasteiger partial charge on any atom is 0.288 e. The average Bonchev–Trinajstić information content (AvgIpc) is 3.25. The fourth-order valence-electron chi connectivity index (χ4n) is 2.87. The number of pyridine rings is 1. The molecule has 11 heteroatoms. The van der Waals surface area contributed by atoms with E-state index in [1.807, 2.05) is 24.4 Å². The predicted molar refractivity (Wildman–Crippen MR) is 117 cm³/mol. The molecule has 0 aliphatic rings. The summed E-state index contributed by atoms with van der Waals surface area (Å²) >= 11 is 1.53. The highest BCUT2D eigenvalue weighted by molar-refractivity contribution is 7.10. The second kappa shape index (κ2) is 8.82. The molecule has 0 saturated heterocycles. The van der Waals surface area contributed by atoms with Gasteiger partial charge < -0.3 is 20.5 Å². The molecule has 0 fully saturated rings. The zero-order valence-corrected chi connectivity index (χ0v) is 17.5. The Kier molecular flexibility index (Phi) is 6.21. The molecule has 158 valence electrons. The first kappa shape index (κ1) is 21.1. The molecule has 1 unspecified atom stereocenters. The second-order valence-corrected chi connectivity index (χ2v) is 7.69. The summed E-state index contributed by atoms with van der Waals surface area (Å²) in [6.07, 6.45) is 3.29. The van der Waals surface area contributed by atoms with E-state index in [0.717, 1.165) is 4.88 Å². The molecule has 1 amide bonds. The first-order chi connectivity index (χ1) is 14.3. The number of hydrogen-bond donors (Lipinski definition) is 5. The van der Waals surface area contributed by atoms with Gasteiger partial charge in [-0.1, -0.05) is 13.0 Å². The van der Waals surface area contributed by atoms with Crippen LogP contribution >= 0.6 is 11.3 Å². The van der Waals surface area contributed by atoms with Crippen LogP contribution in [0.2, 0.25) is 0 Å². The van der Waals surface area contributed by atoms with Crippen molar-refractivity contribution in [1.29, 1.82) is 0 Å². The van der Waals surface area contributed by atoms with Gasteiger partial charge in [-0.3, -0.25) is 29.4 Å². The fourth-order valence-corrected chi connectivity index (χ4v) is 3.73. The zero-order chi connectivity index (χ0) is 21.8. The van der Waals surface area contributed by atoms with Gasteiger partial charge in [0.2, 0.25) is 5.43 Å². The Labute approximate surface area is 175 Å². The van der Waals surface area contributed by atoms with E-state index in [1.165, 1.54) is 42.7 Å². The molecule has 30 heavy (non-hydrogen) atoms. The topological polar surface area (TPSA) is 143 Å². The standard InChI is InChI=1S/C19H22N6O4S/c1-4-11(13-6-5-7-30-13)21-14-15(18(28)24-23-17(14)27)22-12-9-20-8-10(16(12)26)19(29)25(2)3/h5-9,11H,4H2,1-3H3,(H,20,26)(H2,21,24,28)(H2,22,23,27). The first-order valence-corrected chi connectivity index (χ1v) is 10.1. The predicted octanol–water partition coefficient (Wildman–Crippen LogP) is 1.82. The minimum Gasteiger partial charge on any atom is -0.371 e. The van der Waals surface area contributed by atoms with Crippen LogP contribution in [0.4, 0.5) is 17.1 Å². The molecule has 0 aliphatic carbocycles. The van der Waals surface area contributed by atoms with Gasteiger partial charge in [0.15, 0.2) is 0 Å². The molecule has 3 rings (SSSR count). The lowest BCUT2D eigenvalue weighted by Gasteiger charge is -2.18. The summed E-state index contributed by atoms with van der Waals surface area (Å²) in [5.74, 6) is -0.484. The van der Waals surface area contributed by atoms with E-state index in [0.29, 0.717) is 6.42 Å². The highest BCUT2D eigenvalue weighted by Gasteiger charge is 2.20. The number of thiophene rings is 1. The number of nitrogens with one attached hydrogen (secondary N) is 5. The number of carbonyl (C=O) groups is 1. The van der Waals surface area contributed by atoms with E-state index in [1.54, 1.807) is 0 Å². The molecule has 5 N–H and O–H groups in total. The molecule has 0 bridgehead atoms. The van der Waals surface area contributed by atoms with Crippen molar-refractivity contribution in [2.45, 2.75) is 19.4 Å². The lowest BCUT2D eigenvalue weighted by molar-refractivity contribution is 0.0826.